The summed E-state index contributed by atoms with van der Waals surface area (Å²) in [4.78, 5) is 32.3. The van der Waals surface area contributed by atoms with E-state index in [0.717, 1.165) is 22.4 Å². The summed E-state index contributed by atoms with van der Waals surface area (Å²) in [5.74, 6) is -1.59. The molecule has 0 spiro atoms. The van der Waals surface area contributed by atoms with Crippen LogP contribution < -0.4 is 10.6 Å². The number of thiazole rings is 1. The molecule has 4 N–H and O–H groups in total. The molecule has 3 heterocycles. The number of hydrogen-bond donors (Lipinski definition) is 4. The highest BCUT2D eigenvalue weighted by molar-refractivity contribution is 7.13. The van der Waals surface area contributed by atoms with Gasteiger partial charge in [-0.2, -0.15) is 5.10 Å². The van der Waals surface area contributed by atoms with E-state index >= 15 is 0 Å². The summed E-state index contributed by atoms with van der Waals surface area (Å²) in [6.45, 7) is 1.99. The van der Waals surface area contributed by atoms with E-state index in [-0.39, 0.29) is 6.54 Å². The predicted molar refractivity (Wildman–Crippen MR) is 143 cm³/mol. The van der Waals surface area contributed by atoms with Gasteiger partial charge in [-0.3, -0.25) is 9.59 Å². The van der Waals surface area contributed by atoms with Crippen LogP contribution in [0.5, 0.6) is 0 Å². The first-order valence-electron chi connectivity index (χ1n) is 12.2. The SMILES string of the molecule is CNc1nc([C@@H]2c3ccccc3CN2C(=O)C(O)C(O)C(=O)NC(C)c2ccc(-n3cccn3)cc2)cs1. The van der Waals surface area contributed by atoms with Gasteiger partial charge in [0.1, 0.15) is 6.04 Å². The number of carbonyl (C=O) groups is 2. The van der Waals surface area contributed by atoms with Gasteiger partial charge in [-0.05, 0) is 41.8 Å². The number of aromatic nitrogens is 3. The van der Waals surface area contributed by atoms with Crippen molar-refractivity contribution in [2.45, 2.75) is 37.8 Å². The number of carbonyl (C=O) groups excluding carboxylic acids is 2. The van der Waals surface area contributed by atoms with E-state index in [0.29, 0.717) is 10.8 Å². The van der Waals surface area contributed by atoms with Crippen molar-refractivity contribution in [2.75, 3.05) is 12.4 Å². The molecule has 196 valence electrons. The average Bonchev–Trinajstić information content (AvgIpc) is 3.71. The monoisotopic (exact) mass is 532 g/mol. The molecule has 4 aromatic rings. The lowest BCUT2D eigenvalue weighted by Gasteiger charge is -2.28. The van der Waals surface area contributed by atoms with E-state index in [9.17, 15) is 19.8 Å². The highest BCUT2D eigenvalue weighted by Gasteiger charge is 2.41. The molecule has 2 aromatic carbocycles. The Bertz CT molecular complexity index is 1420. The second-order valence-corrected chi connectivity index (χ2v) is 9.92. The number of hydrogen-bond acceptors (Lipinski definition) is 8. The number of fused-ring (bicyclic) bond motifs is 1. The summed E-state index contributed by atoms with van der Waals surface area (Å²) in [5, 5.41) is 33.9. The normalized spacial score (nSPS) is 16.9. The van der Waals surface area contributed by atoms with Crippen LogP contribution in [0.1, 0.15) is 41.4 Å². The topological polar surface area (TPSA) is 133 Å². The third-order valence-corrected chi connectivity index (χ3v) is 7.52. The molecular weight excluding hydrogens is 504 g/mol. The van der Waals surface area contributed by atoms with Gasteiger partial charge in [0.15, 0.2) is 17.3 Å². The third kappa shape index (κ3) is 4.91. The Labute approximate surface area is 223 Å². The number of aliphatic hydroxyl groups is 2. The molecule has 0 bridgehead atoms. The van der Waals surface area contributed by atoms with Crippen molar-refractivity contribution in [1.29, 1.82) is 0 Å². The van der Waals surface area contributed by atoms with Gasteiger partial charge in [0.25, 0.3) is 11.8 Å². The molecule has 3 unspecified atom stereocenters. The van der Waals surface area contributed by atoms with E-state index in [4.69, 9.17) is 0 Å². The van der Waals surface area contributed by atoms with Crippen LogP contribution in [-0.2, 0) is 16.1 Å². The minimum Gasteiger partial charge on any atom is -0.380 e. The molecule has 0 aliphatic carbocycles. The van der Waals surface area contributed by atoms with Crippen molar-refractivity contribution < 1.29 is 19.8 Å². The Morgan fingerprint density at radius 3 is 2.53 bits per heavy atom. The van der Waals surface area contributed by atoms with Crippen molar-refractivity contribution in [1.82, 2.24) is 25.0 Å². The molecular formula is C27H28N6O4S. The van der Waals surface area contributed by atoms with Crippen LogP contribution in [0.15, 0.2) is 72.4 Å². The van der Waals surface area contributed by atoms with Crippen molar-refractivity contribution >= 4 is 28.3 Å². The largest absolute Gasteiger partial charge is 0.380 e. The second-order valence-electron chi connectivity index (χ2n) is 9.06. The first-order chi connectivity index (χ1) is 18.4. The summed E-state index contributed by atoms with van der Waals surface area (Å²) in [6.07, 6.45) is -0.374. The molecule has 0 radical (unpaired) electrons. The highest BCUT2D eigenvalue weighted by atomic mass is 32.1. The van der Waals surface area contributed by atoms with Crippen LogP contribution in [0, 0.1) is 0 Å². The molecule has 4 atom stereocenters. The number of nitrogens with one attached hydrogen (secondary N) is 2. The van der Waals surface area contributed by atoms with Gasteiger partial charge in [0.2, 0.25) is 0 Å². The van der Waals surface area contributed by atoms with Gasteiger partial charge in [0.05, 0.1) is 17.4 Å². The number of anilines is 1. The lowest BCUT2D eigenvalue weighted by Crippen LogP contribution is -2.50. The fourth-order valence-corrected chi connectivity index (χ4v) is 5.30. The zero-order valence-electron chi connectivity index (χ0n) is 20.9. The summed E-state index contributed by atoms with van der Waals surface area (Å²) in [7, 11) is 1.77. The average molecular weight is 533 g/mol. The maximum atomic E-state index is 13.4. The van der Waals surface area contributed by atoms with Crippen LogP contribution in [0.25, 0.3) is 5.69 Å². The minimum absolute atomic E-state index is 0.233. The Morgan fingerprint density at radius 1 is 1.08 bits per heavy atom. The molecule has 0 saturated heterocycles. The van der Waals surface area contributed by atoms with Gasteiger partial charge in [0, 0.05) is 31.4 Å². The number of aliphatic hydroxyl groups excluding tert-OH is 2. The number of nitrogens with zero attached hydrogens (tertiary/aromatic N) is 4. The number of benzene rings is 2. The molecule has 38 heavy (non-hydrogen) atoms. The van der Waals surface area contributed by atoms with Gasteiger partial charge in [-0.15, -0.1) is 11.3 Å². The quantitative estimate of drug-likeness (QED) is 0.274. The molecule has 11 heteroatoms. The van der Waals surface area contributed by atoms with Crippen LogP contribution >= 0.6 is 11.3 Å². The maximum absolute atomic E-state index is 13.4. The van der Waals surface area contributed by atoms with Crippen molar-refractivity contribution in [3.8, 4) is 5.69 Å². The summed E-state index contributed by atoms with van der Waals surface area (Å²) < 4.78 is 1.72. The predicted octanol–water partition coefficient (Wildman–Crippen LogP) is 2.40. The maximum Gasteiger partial charge on any atom is 0.255 e. The fraction of sp³-hybridized carbons (Fsp3) is 0.259. The summed E-state index contributed by atoms with van der Waals surface area (Å²) in [6, 6.07) is 15.8. The molecule has 0 fully saturated rings. The molecule has 5 rings (SSSR count). The molecule has 1 aliphatic rings. The van der Waals surface area contributed by atoms with Crippen LogP contribution in [0.4, 0.5) is 5.13 Å². The Morgan fingerprint density at radius 2 is 1.84 bits per heavy atom. The number of amides is 2. The van der Waals surface area contributed by atoms with Crippen LogP contribution in [0.2, 0.25) is 0 Å². The van der Waals surface area contributed by atoms with Gasteiger partial charge in [-0.25, -0.2) is 9.67 Å². The van der Waals surface area contributed by atoms with Gasteiger partial charge < -0.3 is 25.7 Å². The first kappa shape index (κ1) is 25.6. The van der Waals surface area contributed by atoms with E-state index in [1.807, 2.05) is 66.2 Å². The lowest BCUT2D eigenvalue weighted by molar-refractivity contribution is -0.154. The van der Waals surface area contributed by atoms with E-state index < -0.39 is 36.1 Å². The van der Waals surface area contributed by atoms with Crippen molar-refractivity contribution in [2.24, 2.45) is 0 Å². The zero-order valence-corrected chi connectivity index (χ0v) is 21.7. The molecule has 2 aromatic heterocycles. The molecule has 0 saturated carbocycles. The zero-order chi connectivity index (χ0) is 26.8. The third-order valence-electron chi connectivity index (χ3n) is 6.64. The summed E-state index contributed by atoms with van der Waals surface area (Å²) in [5.41, 5.74) is 4.12. The minimum atomic E-state index is -1.94. The lowest BCUT2D eigenvalue weighted by atomic mass is 10.0. The summed E-state index contributed by atoms with van der Waals surface area (Å²) >= 11 is 1.41. The Hall–Kier alpha value is -4.06. The van der Waals surface area contributed by atoms with E-state index in [1.165, 1.54) is 16.2 Å². The number of rotatable bonds is 8. The van der Waals surface area contributed by atoms with Gasteiger partial charge >= 0.3 is 0 Å². The molecule has 10 nitrogen and oxygen atoms in total. The highest BCUT2D eigenvalue weighted by Crippen LogP contribution is 2.39. The standard InChI is InChI=1S/C27H28N6O4S/c1-16(17-8-10-19(11-9-17)33-13-5-12-29-33)30-25(36)23(34)24(35)26(37)32-14-18-6-3-4-7-20(18)22(32)21-15-38-27(28-2)31-21/h3-13,15-16,22-24,34-35H,14H2,1-2H3,(H,28,31)(H,30,36)/t16?,22-,23?,24?/m0/s1. The molecule has 2 amide bonds. The Kier molecular flexibility index (Phi) is 7.23. The smallest absolute Gasteiger partial charge is 0.255 e. The van der Waals surface area contributed by atoms with Crippen LogP contribution in [0.3, 0.4) is 0 Å². The van der Waals surface area contributed by atoms with Crippen molar-refractivity contribution in [3.05, 3.63) is 94.8 Å². The Balaban J connectivity index is 1.28. The van der Waals surface area contributed by atoms with E-state index in [1.54, 1.807) is 24.9 Å². The van der Waals surface area contributed by atoms with Crippen molar-refractivity contribution in [3.63, 3.8) is 0 Å². The van der Waals surface area contributed by atoms with Gasteiger partial charge in [-0.1, -0.05) is 36.4 Å². The fourth-order valence-electron chi connectivity index (χ4n) is 4.61. The van der Waals surface area contributed by atoms with Crippen LogP contribution in [-0.4, -0.2) is 60.9 Å². The van der Waals surface area contributed by atoms with E-state index in [2.05, 4.69) is 20.7 Å². The second kappa shape index (κ2) is 10.7. The first-order valence-corrected chi connectivity index (χ1v) is 13.0. The molecule has 1 aliphatic heterocycles.